The van der Waals surface area contributed by atoms with E-state index in [-0.39, 0.29) is 0 Å². The Morgan fingerprint density at radius 3 is 2.67 bits per heavy atom. The Morgan fingerprint density at radius 1 is 1.10 bits per heavy atom. The van der Waals surface area contributed by atoms with E-state index in [4.69, 9.17) is 5.73 Å². The molecule has 0 spiro atoms. The first-order valence-corrected chi connectivity index (χ1v) is 6.61. The number of hydrazone groups is 1. The van der Waals surface area contributed by atoms with Crippen LogP contribution in [-0.4, -0.2) is 15.9 Å². The van der Waals surface area contributed by atoms with Crippen LogP contribution >= 0.6 is 0 Å². The molecule has 0 aliphatic heterocycles. The summed E-state index contributed by atoms with van der Waals surface area (Å²) in [6, 6.07) is 15.5. The first-order chi connectivity index (χ1) is 10.2. The third kappa shape index (κ3) is 2.81. The standard InChI is InChI=1S/C16H15N5/c1-11(12-6-8-14(17)9-7-12)19-21-16-15-5-3-2-4-13(15)10-18-20-16/h2-10H,17H2,1H3,(H,20,21). The van der Waals surface area contributed by atoms with Gasteiger partial charge >= 0.3 is 0 Å². The lowest BCUT2D eigenvalue weighted by Crippen LogP contribution is -2.02. The predicted molar refractivity (Wildman–Crippen MR) is 86.2 cm³/mol. The second-order valence-electron chi connectivity index (χ2n) is 4.71. The van der Waals surface area contributed by atoms with E-state index in [9.17, 15) is 0 Å². The van der Waals surface area contributed by atoms with Crippen LogP contribution in [-0.2, 0) is 0 Å². The molecule has 0 fully saturated rings. The highest BCUT2D eigenvalue weighted by Crippen LogP contribution is 2.19. The molecule has 0 aliphatic carbocycles. The lowest BCUT2D eigenvalue weighted by molar-refractivity contribution is 1.04. The minimum atomic E-state index is 0.642. The number of hydrogen-bond donors (Lipinski definition) is 2. The first-order valence-electron chi connectivity index (χ1n) is 6.61. The lowest BCUT2D eigenvalue weighted by atomic mass is 10.1. The number of nitrogen functional groups attached to an aromatic ring is 1. The highest BCUT2D eigenvalue weighted by atomic mass is 15.3. The molecule has 0 amide bonds. The fourth-order valence-electron chi connectivity index (χ4n) is 2.04. The summed E-state index contributed by atoms with van der Waals surface area (Å²) in [6.07, 6.45) is 1.73. The highest BCUT2D eigenvalue weighted by molar-refractivity contribution is 6.00. The van der Waals surface area contributed by atoms with E-state index < -0.39 is 0 Å². The van der Waals surface area contributed by atoms with Crippen molar-refractivity contribution in [3.05, 3.63) is 60.3 Å². The number of nitrogens with one attached hydrogen (secondary N) is 1. The molecule has 0 atom stereocenters. The topological polar surface area (TPSA) is 76.2 Å². The molecular weight excluding hydrogens is 262 g/mol. The van der Waals surface area contributed by atoms with E-state index in [1.807, 2.05) is 55.5 Å². The van der Waals surface area contributed by atoms with E-state index in [0.29, 0.717) is 5.82 Å². The second kappa shape index (κ2) is 5.58. The molecule has 3 N–H and O–H groups in total. The average molecular weight is 277 g/mol. The van der Waals surface area contributed by atoms with Crippen molar-refractivity contribution in [1.29, 1.82) is 0 Å². The van der Waals surface area contributed by atoms with Crippen LogP contribution in [0.15, 0.2) is 59.8 Å². The van der Waals surface area contributed by atoms with Crippen molar-refractivity contribution in [3.63, 3.8) is 0 Å². The van der Waals surface area contributed by atoms with Crippen LogP contribution in [0.2, 0.25) is 0 Å². The van der Waals surface area contributed by atoms with Gasteiger partial charge in [0.2, 0.25) is 0 Å². The Hall–Kier alpha value is -2.95. The number of fused-ring (bicyclic) bond motifs is 1. The van der Waals surface area contributed by atoms with Crippen molar-refractivity contribution >= 4 is 28.0 Å². The Kier molecular flexibility index (Phi) is 3.47. The maximum atomic E-state index is 5.68. The van der Waals surface area contributed by atoms with Crippen LogP contribution in [0.3, 0.4) is 0 Å². The van der Waals surface area contributed by atoms with Crippen molar-refractivity contribution in [2.75, 3.05) is 11.2 Å². The summed E-state index contributed by atoms with van der Waals surface area (Å²) >= 11 is 0. The lowest BCUT2D eigenvalue weighted by Gasteiger charge is -2.05. The number of nitrogens with two attached hydrogens (primary N) is 1. The summed E-state index contributed by atoms with van der Waals surface area (Å²) in [5.41, 5.74) is 11.3. The molecule has 1 heterocycles. The van der Waals surface area contributed by atoms with Gasteiger partial charge in [0.15, 0.2) is 5.82 Å². The van der Waals surface area contributed by atoms with Crippen molar-refractivity contribution in [1.82, 2.24) is 10.2 Å². The molecule has 0 bridgehead atoms. The van der Waals surface area contributed by atoms with Gasteiger partial charge in [-0.15, -0.1) is 5.10 Å². The van der Waals surface area contributed by atoms with Gasteiger partial charge in [0, 0.05) is 16.5 Å². The first kappa shape index (κ1) is 13.1. The molecule has 104 valence electrons. The third-order valence-corrected chi connectivity index (χ3v) is 3.23. The normalized spacial score (nSPS) is 11.6. The fourth-order valence-corrected chi connectivity index (χ4v) is 2.04. The molecule has 3 rings (SSSR count). The molecule has 0 aliphatic rings. The van der Waals surface area contributed by atoms with Crippen LogP contribution in [0.25, 0.3) is 10.8 Å². The highest BCUT2D eigenvalue weighted by Gasteiger charge is 2.02. The molecule has 0 radical (unpaired) electrons. The Balaban J connectivity index is 1.88. The van der Waals surface area contributed by atoms with Crippen LogP contribution in [0.1, 0.15) is 12.5 Å². The molecule has 1 aromatic heterocycles. The Morgan fingerprint density at radius 2 is 1.86 bits per heavy atom. The monoisotopic (exact) mass is 277 g/mol. The van der Waals surface area contributed by atoms with Crippen molar-refractivity contribution in [2.24, 2.45) is 5.10 Å². The SMILES string of the molecule is CC(=NNc1nncc2ccccc12)c1ccc(N)cc1. The molecule has 0 saturated carbocycles. The van der Waals surface area contributed by atoms with Gasteiger partial charge in [0.25, 0.3) is 0 Å². The third-order valence-electron chi connectivity index (χ3n) is 3.23. The number of rotatable bonds is 3. The summed E-state index contributed by atoms with van der Waals surface area (Å²) in [4.78, 5) is 0. The summed E-state index contributed by atoms with van der Waals surface area (Å²) in [5.74, 6) is 0.642. The molecule has 5 heteroatoms. The maximum Gasteiger partial charge on any atom is 0.176 e. The summed E-state index contributed by atoms with van der Waals surface area (Å²) in [6.45, 7) is 1.93. The zero-order chi connectivity index (χ0) is 14.7. The van der Waals surface area contributed by atoms with Crippen molar-refractivity contribution in [3.8, 4) is 0 Å². The van der Waals surface area contributed by atoms with Gasteiger partial charge < -0.3 is 5.73 Å². The predicted octanol–water partition coefficient (Wildman–Crippen LogP) is 3.05. The molecule has 0 saturated heterocycles. The van der Waals surface area contributed by atoms with E-state index in [0.717, 1.165) is 27.7 Å². The van der Waals surface area contributed by atoms with Crippen LogP contribution in [0.5, 0.6) is 0 Å². The number of aromatic nitrogens is 2. The second-order valence-corrected chi connectivity index (χ2v) is 4.71. The Bertz CT molecular complexity index is 788. The van der Waals surface area contributed by atoms with E-state index in [1.54, 1.807) is 6.20 Å². The minimum Gasteiger partial charge on any atom is -0.399 e. The van der Waals surface area contributed by atoms with Gasteiger partial charge in [0.05, 0.1) is 11.9 Å². The van der Waals surface area contributed by atoms with E-state index in [1.165, 1.54) is 0 Å². The number of hydrogen-bond acceptors (Lipinski definition) is 5. The van der Waals surface area contributed by atoms with Crippen molar-refractivity contribution in [2.45, 2.75) is 6.92 Å². The number of nitrogens with zero attached hydrogens (tertiary/aromatic N) is 3. The van der Waals surface area contributed by atoms with Gasteiger partial charge in [-0.05, 0) is 24.6 Å². The largest absolute Gasteiger partial charge is 0.399 e. The molecule has 0 unspecified atom stereocenters. The van der Waals surface area contributed by atoms with Crippen LogP contribution < -0.4 is 11.2 Å². The Labute approximate surface area is 122 Å². The zero-order valence-electron chi connectivity index (χ0n) is 11.6. The fraction of sp³-hybridized carbons (Fsp3) is 0.0625. The van der Waals surface area contributed by atoms with Crippen molar-refractivity contribution < 1.29 is 0 Å². The zero-order valence-corrected chi connectivity index (χ0v) is 11.6. The van der Waals surface area contributed by atoms with Gasteiger partial charge in [-0.3, -0.25) is 5.43 Å². The average Bonchev–Trinajstić information content (AvgIpc) is 2.53. The van der Waals surface area contributed by atoms with Gasteiger partial charge in [-0.2, -0.15) is 10.2 Å². The van der Waals surface area contributed by atoms with Gasteiger partial charge in [-0.1, -0.05) is 36.4 Å². The molecule has 21 heavy (non-hydrogen) atoms. The molecule has 3 aromatic rings. The minimum absolute atomic E-state index is 0.642. The summed E-state index contributed by atoms with van der Waals surface area (Å²) in [7, 11) is 0. The maximum absolute atomic E-state index is 5.68. The van der Waals surface area contributed by atoms with Crippen LogP contribution in [0.4, 0.5) is 11.5 Å². The number of anilines is 2. The van der Waals surface area contributed by atoms with E-state index >= 15 is 0 Å². The molecular formula is C16H15N5. The summed E-state index contributed by atoms with van der Waals surface area (Å²) < 4.78 is 0. The van der Waals surface area contributed by atoms with E-state index in [2.05, 4.69) is 20.7 Å². The molecule has 2 aromatic carbocycles. The van der Waals surface area contributed by atoms with Gasteiger partial charge in [-0.25, -0.2) is 0 Å². The number of benzene rings is 2. The van der Waals surface area contributed by atoms with Crippen LogP contribution in [0, 0.1) is 0 Å². The van der Waals surface area contributed by atoms with Gasteiger partial charge in [0.1, 0.15) is 0 Å². The quantitative estimate of drug-likeness (QED) is 0.438. The smallest absolute Gasteiger partial charge is 0.176 e. The summed E-state index contributed by atoms with van der Waals surface area (Å²) in [5, 5.41) is 14.5. The molecule has 5 nitrogen and oxygen atoms in total.